The van der Waals surface area contributed by atoms with Crippen molar-refractivity contribution < 1.29 is 5.11 Å². The highest BCUT2D eigenvalue weighted by atomic mass is 16.3. The number of hydrogen-bond acceptors (Lipinski definition) is 3. The molecule has 1 aliphatic rings. The monoisotopic (exact) mass is 195 g/mol. The molecule has 0 atom stereocenters. The number of β-amino-alcohol motifs (C(OH)–C–C–N with tert-alkyl or cyclic N) is 1. The number of hydrogen-bond donors (Lipinski definition) is 1. The molecule has 0 fully saturated rings. The van der Waals surface area contributed by atoms with E-state index >= 15 is 0 Å². The number of aromatic nitrogens is 2. The van der Waals surface area contributed by atoms with E-state index in [1.54, 1.807) is 0 Å². The largest absolute Gasteiger partial charge is 0.389 e. The summed E-state index contributed by atoms with van der Waals surface area (Å²) in [6, 6.07) is 0. The van der Waals surface area contributed by atoms with Crippen LogP contribution in [0.5, 0.6) is 0 Å². The lowest BCUT2D eigenvalue weighted by atomic mass is 10.1. The van der Waals surface area contributed by atoms with Gasteiger partial charge in [-0.2, -0.15) is 0 Å². The first-order valence-electron chi connectivity index (χ1n) is 4.99. The second-order valence-electron chi connectivity index (χ2n) is 4.56. The van der Waals surface area contributed by atoms with Crippen molar-refractivity contribution in [3.05, 3.63) is 18.2 Å². The van der Waals surface area contributed by atoms with Crippen molar-refractivity contribution in [3.63, 3.8) is 0 Å². The Morgan fingerprint density at radius 1 is 1.50 bits per heavy atom. The van der Waals surface area contributed by atoms with Crippen LogP contribution in [0.3, 0.4) is 0 Å². The van der Waals surface area contributed by atoms with Crippen LogP contribution in [0, 0.1) is 0 Å². The fourth-order valence-electron chi connectivity index (χ4n) is 1.91. The normalized spacial score (nSPS) is 18.2. The molecule has 0 unspecified atom stereocenters. The van der Waals surface area contributed by atoms with Gasteiger partial charge < -0.3 is 9.67 Å². The molecule has 0 saturated carbocycles. The van der Waals surface area contributed by atoms with Gasteiger partial charge in [0.1, 0.15) is 5.82 Å². The van der Waals surface area contributed by atoms with E-state index in [0.717, 1.165) is 25.5 Å². The molecule has 0 amide bonds. The lowest BCUT2D eigenvalue weighted by Gasteiger charge is -2.32. The Bertz CT molecular complexity index is 313. The highest BCUT2D eigenvalue weighted by molar-refractivity contribution is 4.96. The summed E-state index contributed by atoms with van der Waals surface area (Å²) >= 11 is 0. The van der Waals surface area contributed by atoms with E-state index in [1.165, 1.54) is 0 Å². The summed E-state index contributed by atoms with van der Waals surface area (Å²) in [7, 11) is 0. The van der Waals surface area contributed by atoms with Crippen molar-refractivity contribution in [1.29, 1.82) is 0 Å². The maximum Gasteiger partial charge on any atom is 0.122 e. The molecule has 1 N–H and O–H groups in total. The van der Waals surface area contributed by atoms with Gasteiger partial charge in [0.05, 0.1) is 12.1 Å². The van der Waals surface area contributed by atoms with Crippen LogP contribution in [-0.4, -0.2) is 38.2 Å². The third-order valence-corrected chi connectivity index (χ3v) is 2.43. The second kappa shape index (κ2) is 3.37. The smallest absolute Gasteiger partial charge is 0.122 e. The first-order valence-corrected chi connectivity index (χ1v) is 4.99. The van der Waals surface area contributed by atoms with Gasteiger partial charge in [-0.15, -0.1) is 0 Å². The number of rotatable bonds is 2. The van der Waals surface area contributed by atoms with Crippen molar-refractivity contribution in [2.45, 2.75) is 32.5 Å². The predicted molar refractivity (Wildman–Crippen MR) is 53.8 cm³/mol. The Morgan fingerprint density at radius 3 is 3.00 bits per heavy atom. The molecule has 2 heterocycles. The molecular weight excluding hydrogens is 178 g/mol. The minimum absolute atomic E-state index is 0.616. The zero-order chi connectivity index (χ0) is 10.2. The Kier molecular flexibility index (Phi) is 2.33. The van der Waals surface area contributed by atoms with E-state index in [2.05, 4.69) is 14.5 Å². The van der Waals surface area contributed by atoms with Crippen molar-refractivity contribution in [2.75, 3.05) is 13.1 Å². The first kappa shape index (κ1) is 9.68. The van der Waals surface area contributed by atoms with Crippen LogP contribution in [0.25, 0.3) is 0 Å². The van der Waals surface area contributed by atoms with Crippen LogP contribution in [0.4, 0.5) is 0 Å². The van der Waals surface area contributed by atoms with Gasteiger partial charge in [0.25, 0.3) is 0 Å². The van der Waals surface area contributed by atoms with E-state index in [1.807, 2.05) is 26.2 Å². The third kappa shape index (κ3) is 2.13. The van der Waals surface area contributed by atoms with Gasteiger partial charge in [0, 0.05) is 32.0 Å². The molecular formula is C10H17N3O. The molecule has 1 aromatic rings. The summed E-state index contributed by atoms with van der Waals surface area (Å²) in [5, 5.41) is 9.70. The fourth-order valence-corrected chi connectivity index (χ4v) is 1.91. The van der Waals surface area contributed by atoms with Crippen LogP contribution in [-0.2, 0) is 13.1 Å². The molecule has 0 bridgehead atoms. The topological polar surface area (TPSA) is 41.3 Å². The summed E-state index contributed by atoms with van der Waals surface area (Å²) in [5.74, 6) is 1.10. The minimum Gasteiger partial charge on any atom is -0.389 e. The van der Waals surface area contributed by atoms with Gasteiger partial charge in [-0.05, 0) is 13.8 Å². The van der Waals surface area contributed by atoms with Crippen LogP contribution in [0.2, 0.25) is 0 Å². The average molecular weight is 195 g/mol. The van der Waals surface area contributed by atoms with E-state index < -0.39 is 5.60 Å². The highest BCUT2D eigenvalue weighted by Crippen LogP contribution is 2.13. The van der Waals surface area contributed by atoms with Gasteiger partial charge in [-0.25, -0.2) is 4.98 Å². The van der Waals surface area contributed by atoms with E-state index in [-0.39, 0.29) is 0 Å². The van der Waals surface area contributed by atoms with Crippen molar-refractivity contribution in [2.24, 2.45) is 0 Å². The zero-order valence-electron chi connectivity index (χ0n) is 8.77. The van der Waals surface area contributed by atoms with Crippen molar-refractivity contribution in [3.8, 4) is 0 Å². The number of imidazole rings is 1. The highest BCUT2D eigenvalue weighted by Gasteiger charge is 2.22. The van der Waals surface area contributed by atoms with Gasteiger partial charge in [-0.1, -0.05) is 0 Å². The Hall–Kier alpha value is -0.870. The Labute approximate surface area is 84.2 Å². The number of aliphatic hydroxyl groups is 1. The van der Waals surface area contributed by atoms with Crippen LogP contribution in [0.1, 0.15) is 19.7 Å². The molecule has 78 valence electrons. The second-order valence-corrected chi connectivity index (χ2v) is 4.56. The summed E-state index contributed by atoms with van der Waals surface area (Å²) in [5.41, 5.74) is -0.616. The Balaban J connectivity index is 2.01. The number of nitrogens with zero attached hydrogens (tertiary/aromatic N) is 3. The predicted octanol–water partition coefficient (Wildman–Crippen LogP) is 0.470. The van der Waals surface area contributed by atoms with E-state index in [4.69, 9.17) is 0 Å². The zero-order valence-corrected chi connectivity index (χ0v) is 8.77. The molecule has 4 heteroatoms. The third-order valence-electron chi connectivity index (χ3n) is 2.43. The van der Waals surface area contributed by atoms with E-state index in [0.29, 0.717) is 6.54 Å². The van der Waals surface area contributed by atoms with Gasteiger partial charge in [0.15, 0.2) is 0 Å². The minimum atomic E-state index is -0.616. The van der Waals surface area contributed by atoms with Gasteiger partial charge in [0.2, 0.25) is 0 Å². The maximum absolute atomic E-state index is 9.70. The van der Waals surface area contributed by atoms with Crippen LogP contribution in [0.15, 0.2) is 12.4 Å². The first-order chi connectivity index (χ1) is 6.54. The Morgan fingerprint density at radius 2 is 2.29 bits per heavy atom. The number of fused-ring (bicyclic) bond motifs is 1. The summed E-state index contributed by atoms with van der Waals surface area (Å²) < 4.78 is 2.17. The molecule has 1 aromatic heterocycles. The van der Waals surface area contributed by atoms with Crippen LogP contribution >= 0.6 is 0 Å². The van der Waals surface area contributed by atoms with E-state index in [9.17, 15) is 5.11 Å². The summed E-state index contributed by atoms with van der Waals surface area (Å²) in [6.07, 6.45) is 3.85. The van der Waals surface area contributed by atoms with Gasteiger partial charge >= 0.3 is 0 Å². The molecule has 0 saturated heterocycles. The molecule has 0 spiro atoms. The molecule has 2 rings (SSSR count). The quantitative estimate of drug-likeness (QED) is 0.746. The van der Waals surface area contributed by atoms with Crippen molar-refractivity contribution in [1.82, 2.24) is 14.5 Å². The molecule has 1 aliphatic heterocycles. The summed E-state index contributed by atoms with van der Waals surface area (Å²) in [4.78, 5) is 6.52. The summed E-state index contributed by atoms with van der Waals surface area (Å²) in [6.45, 7) is 7.21. The SMILES string of the molecule is CC(C)(O)CN1CCn2ccnc2C1. The van der Waals surface area contributed by atoms with Gasteiger partial charge in [-0.3, -0.25) is 4.90 Å². The molecule has 0 aromatic carbocycles. The van der Waals surface area contributed by atoms with Crippen LogP contribution < -0.4 is 0 Å². The standard InChI is InChI=1S/C10H17N3O/c1-10(2,14)8-12-5-6-13-4-3-11-9(13)7-12/h3-4,14H,5-8H2,1-2H3. The molecule has 4 nitrogen and oxygen atoms in total. The fraction of sp³-hybridized carbons (Fsp3) is 0.700. The molecule has 14 heavy (non-hydrogen) atoms. The molecule has 0 aliphatic carbocycles. The average Bonchev–Trinajstić information content (AvgIpc) is 2.47. The lowest BCUT2D eigenvalue weighted by molar-refractivity contribution is 0.0268. The maximum atomic E-state index is 9.70. The lowest BCUT2D eigenvalue weighted by Crippen LogP contribution is -2.42. The molecule has 0 radical (unpaired) electrons. The van der Waals surface area contributed by atoms with Crippen molar-refractivity contribution >= 4 is 0 Å².